The number of rotatable bonds is 18. The lowest BCUT2D eigenvalue weighted by Crippen LogP contribution is -2.34. The second-order valence-electron chi connectivity index (χ2n) is 15.0. The third-order valence-corrected chi connectivity index (χ3v) is 18.8. The fourth-order valence-corrected chi connectivity index (χ4v) is 14.5. The molecular formula is C46H46Cl2N2O2S6. The standard InChI is InChI=1S/C46H46Cl2N2O2S6/c1-5-9-11-27(7-3)25-49-43(37-19-17-31(55-37)29-13-15-33(53-29)35-21-23-39(47)57-35)41-42(45(49)51)44(50(46(41)52)26-28(8-4)12-10-6-2)38-20-18-32(56-38)30-14-16-34(54-30)36-22-24-40(48)58-36/h13-24,27-28H,5-12,25-26H2,1-4H3. The van der Waals surface area contributed by atoms with Crippen LogP contribution in [0.15, 0.2) is 83.9 Å². The predicted octanol–water partition coefficient (Wildman–Crippen LogP) is 16.3. The molecule has 0 spiro atoms. The van der Waals surface area contributed by atoms with Crippen LogP contribution >= 0.6 is 91.2 Å². The van der Waals surface area contributed by atoms with E-state index in [9.17, 15) is 0 Å². The zero-order valence-corrected chi connectivity index (χ0v) is 39.5. The number of nitrogens with zero attached hydrogens (tertiary/aromatic N) is 2. The van der Waals surface area contributed by atoms with Crippen LogP contribution in [-0.2, 0) is 9.59 Å². The van der Waals surface area contributed by atoms with Gasteiger partial charge in [-0.1, -0.05) is 89.4 Å². The average Bonchev–Trinajstić information content (AvgIpc) is 4.07. The summed E-state index contributed by atoms with van der Waals surface area (Å²) in [5.74, 6) is 0.587. The van der Waals surface area contributed by atoms with Gasteiger partial charge in [-0.15, -0.1) is 68.0 Å². The van der Waals surface area contributed by atoms with Gasteiger partial charge in [-0.25, -0.2) is 0 Å². The van der Waals surface area contributed by atoms with Crippen LogP contribution in [0, 0.1) is 11.8 Å². The number of hydrogen-bond donors (Lipinski definition) is 0. The number of fused-ring (bicyclic) bond motifs is 1. The Kier molecular flexibility index (Phi) is 13.3. The van der Waals surface area contributed by atoms with E-state index in [4.69, 9.17) is 23.2 Å². The van der Waals surface area contributed by atoms with E-state index in [0.29, 0.717) is 36.1 Å². The number of carbonyl (C=O) groups is 2. The second-order valence-corrected chi connectivity index (χ2v) is 22.7. The molecule has 6 aromatic rings. The molecule has 58 heavy (non-hydrogen) atoms. The molecule has 2 unspecified atom stereocenters. The zero-order chi connectivity index (χ0) is 40.5. The van der Waals surface area contributed by atoms with Crippen LogP contribution in [-0.4, -0.2) is 34.7 Å². The Morgan fingerprint density at radius 2 is 0.741 bits per heavy atom. The highest BCUT2D eigenvalue weighted by atomic mass is 35.5. The third kappa shape index (κ3) is 8.42. The van der Waals surface area contributed by atoms with Crippen LogP contribution in [0.1, 0.15) is 88.8 Å². The minimum Gasteiger partial charge on any atom is -0.306 e. The molecule has 2 aliphatic rings. The molecule has 0 radical (unpaired) electrons. The molecular weight excluding hydrogens is 876 g/mol. The molecule has 2 aliphatic heterocycles. The molecule has 0 aliphatic carbocycles. The molecule has 12 heteroatoms. The van der Waals surface area contributed by atoms with E-state index in [1.807, 2.05) is 21.9 Å². The van der Waals surface area contributed by atoms with Gasteiger partial charge < -0.3 is 9.80 Å². The van der Waals surface area contributed by atoms with Gasteiger partial charge in [0.25, 0.3) is 11.8 Å². The molecule has 4 nitrogen and oxygen atoms in total. The predicted molar refractivity (Wildman–Crippen MR) is 256 cm³/mol. The minimum atomic E-state index is -0.0433. The van der Waals surface area contributed by atoms with Crippen molar-refractivity contribution in [2.75, 3.05) is 13.1 Å². The van der Waals surface area contributed by atoms with Crippen molar-refractivity contribution in [3.63, 3.8) is 0 Å². The van der Waals surface area contributed by atoms with Crippen molar-refractivity contribution in [3.05, 3.63) is 102 Å². The largest absolute Gasteiger partial charge is 0.306 e. The first-order chi connectivity index (χ1) is 28.2. The Balaban J connectivity index is 1.24. The average molecular weight is 922 g/mol. The Labute approximate surface area is 376 Å². The number of unbranched alkanes of at least 4 members (excludes halogenated alkanes) is 2. The molecule has 302 valence electrons. The summed E-state index contributed by atoms with van der Waals surface area (Å²) >= 11 is 22.6. The van der Waals surface area contributed by atoms with Gasteiger partial charge in [0.15, 0.2) is 0 Å². The van der Waals surface area contributed by atoms with Crippen LogP contribution in [0.2, 0.25) is 8.67 Å². The highest BCUT2D eigenvalue weighted by molar-refractivity contribution is 7.28. The molecule has 6 aromatic heterocycles. The van der Waals surface area contributed by atoms with Gasteiger partial charge in [-0.3, -0.25) is 9.59 Å². The molecule has 0 saturated heterocycles. The molecule has 0 bridgehead atoms. The van der Waals surface area contributed by atoms with Crippen molar-refractivity contribution < 1.29 is 9.59 Å². The monoisotopic (exact) mass is 920 g/mol. The molecule has 2 amide bonds. The third-order valence-electron chi connectivity index (χ3n) is 11.2. The van der Waals surface area contributed by atoms with E-state index in [0.717, 1.165) is 110 Å². The van der Waals surface area contributed by atoms with E-state index < -0.39 is 0 Å². The number of halogens is 2. The molecule has 0 N–H and O–H groups in total. The fraction of sp³-hybridized carbons (Fsp3) is 0.348. The first kappa shape index (κ1) is 41.9. The van der Waals surface area contributed by atoms with Gasteiger partial charge in [0.1, 0.15) is 0 Å². The summed E-state index contributed by atoms with van der Waals surface area (Å²) in [6, 6.07) is 25.3. The fourth-order valence-electron chi connectivity index (χ4n) is 7.90. The quantitative estimate of drug-likeness (QED) is 0.0862. The maximum absolute atomic E-state index is 15.2. The Morgan fingerprint density at radius 1 is 0.448 bits per heavy atom. The maximum Gasteiger partial charge on any atom is 0.261 e. The van der Waals surface area contributed by atoms with Crippen LogP contribution in [0.3, 0.4) is 0 Å². The summed E-state index contributed by atoms with van der Waals surface area (Å²) in [4.78, 5) is 45.6. The van der Waals surface area contributed by atoms with Gasteiger partial charge >= 0.3 is 0 Å². The summed E-state index contributed by atoms with van der Waals surface area (Å²) in [5.41, 5.74) is 2.72. The molecule has 0 saturated carbocycles. The van der Waals surface area contributed by atoms with E-state index in [1.165, 1.54) is 9.75 Å². The van der Waals surface area contributed by atoms with Crippen molar-refractivity contribution in [1.82, 2.24) is 9.80 Å². The van der Waals surface area contributed by atoms with Crippen molar-refractivity contribution in [2.45, 2.75) is 79.1 Å². The van der Waals surface area contributed by atoms with E-state index in [2.05, 4.69) is 88.4 Å². The lowest BCUT2D eigenvalue weighted by Gasteiger charge is -2.29. The van der Waals surface area contributed by atoms with E-state index in [-0.39, 0.29) is 11.8 Å². The summed E-state index contributed by atoms with van der Waals surface area (Å²) in [5, 5.41) is 0. The first-order valence-corrected chi connectivity index (χ1v) is 25.9. The van der Waals surface area contributed by atoms with Crippen molar-refractivity contribution in [3.8, 4) is 39.0 Å². The summed E-state index contributed by atoms with van der Waals surface area (Å²) in [6.07, 6.45) is 8.51. The van der Waals surface area contributed by atoms with Gasteiger partial charge in [0, 0.05) is 52.1 Å². The number of thiophene rings is 6. The van der Waals surface area contributed by atoms with Crippen LogP contribution in [0.4, 0.5) is 0 Å². The molecule has 8 rings (SSSR count). The van der Waals surface area contributed by atoms with Crippen molar-refractivity contribution in [1.29, 1.82) is 0 Å². The number of carbonyl (C=O) groups excluding carboxylic acids is 2. The lowest BCUT2D eigenvalue weighted by atomic mass is 9.98. The molecule has 8 heterocycles. The Morgan fingerprint density at radius 3 is 1.03 bits per heavy atom. The van der Waals surface area contributed by atoms with Crippen molar-refractivity contribution >= 4 is 114 Å². The number of hydrogen-bond acceptors (Lipinski definition) is 8. The highest BCUT2D eigenvalue weighted by Crippen LogP contribution is 2.52. The molecule has 2 atom stereocenters. The van der Waals surface area contributed by atoms with E-state index in [1.54, 1.807) is 68.0 Å². The molecule has 0 aromatic carbocycles. The lowest BCUT2D eigenvalue weighted by molar-refractivity contribution is -0.124. The van der Waals surface area contributed by atoms with Crippen LogP contribution < -0.4 is 0 Å². The summed E-state index contributed by atoms with van der Waals surface area (Å²) < 4.78 is 1.56. The molecule has 0 fully saturated rings. The van der Waals surface area contributed by atoms with Gasteiger partial charge in [0.2, 0.25) is 0 Å². The first-order valence-electron chi connectivity index (χ1n) is 20.3. The van der Waals surface area contributed by atoms with Crippen LogP contribution in [0.25, 0.3) is 50.4 Å². The van der Waals surface area contributed by atoms with Gasteiger partial charge in [-0.05, 0) is 97.5 Å². The minimum absolute atomic E-state index is 0.0433. The Bertz CT molecular complexity index is 2320. The van der Waals surface area contributed by atoms with E-state index >= 15 is 9.59 Å². The topological polar surface area (TPSA) is 40.6 Å². The highest BCUT2D eigenvalue weighted by Gasteiger charge is 2.50. The summed E-state index contributed by atoms with van der Waals surface area (Å²) in [7, 11) is 0. The zero-order valence-electron chi connectivity index (χ0n) is 33.1. The van der Waals surface area contributed by atoms with Crippen molar-refractivity contribution in [2.24, 2.45) is 11.8 Å². The Hall–Kier alpha value is -2.80. The van der Waals surface area contributed by atoms with Gasteiger partial charge in [0.05, 0.1) is 41.0 Å². The van der Waals surface area contributed by atoms with Crippen LogP contribution in [0.5, 0.6) is 0 Å². The second kappa shape index (κ2) is 18.4. The SMILES string of the molecule is CCCCC(CC)CN1C(=O)C2=C(c3ccc(-c4ccc(-c5ccc(Cl)s5)s4)s3)N(CC(CC)CCCC)C(=O)C2=C1c1ccc(-c2ccc(-c3ccc(Cl)s3)s2)s1. The number of amides is 2. The summed E-state index contributed by atoms with van der Waals surface area (Å²) in [6.45, 7) is 10.1. The normalized spacial score (nSPS) is 15.5. The maximum atomic E-state index is 15.2. The van der Waals surface area contributed by atoms with Gasteiger partial charge in [-0.2, -0.15) is 0 Å². The smallest absolute Gasteiger partial charge is 0.261 e.